The van der Waals surface area contributed by atoms with Gasteiger partial charge in [-0.05, 0) is 12.1 Å². The normalized spacial score (nSPS) is 11.4. The Hall–Kier alpha value is -2.12. The third-order valence-electron chi connectivity index (χ3n) is 3.70. The summed E-state index contributed by atoms with van der Waals surface area (Å²) in [7, 11) is 3.06. The number of thioether (sulfide) groups is 1. The summed E-state index contributed by atoms with van der Waals surface area (Å²) < 4.78 is 2.45. The lowest BCUT2D eigenvalue weighted by Crippen LogP contribution is -2.37. The Morgan fingerprint density at radius 1 is 1.12 bits per heavy atom. The topological polar surface area (TPSA) is 69.8 Å². The Morgan fingerprint density at radius 2 is 1.84 bits per heavy atom. The van der Waals surface area contributed by atoms with E-state index in [0.29, 0.717) is 26.9 Å². The van der Waals surface area contributed by atoms with Crippen molar-refractivity contribution in [1.82, 2.24) is 19.1 Å². The van der Waals surface area contributed by atoms with Crippen LogP contribution in [0, 0.1) is 0 Å². The minimum Gasteiger partial charge on any atom is -0.280 e. The standard InChI is InChI=1S/C17H17ClN4O2S/c1-9(2)25-15-12-14(21(3)17(24)22(4)16(12)23)19-13(20-15)10-6-5-7-11(18)8-10/h5-9H,1-4H3. The molecule has 3 aromatic rings. The van der Waals surface area contributed by atoms with Crippen LogP contribution in [0.1, 0.15) is 13.8 Å². The second-order valence-electron chi connectivity index (χ2n) is 5.93. The first-order valence-corrected chi connectivity index (χ1v) is 8.95. The molecular weight excluding hydrogens is 360 g/mol. The van der Waals surface area contributed by atoms with Crippen LogP contribution in [0.3, 0.4) is 0 Å². The molecule has 1 aromatic carbocycles. The highest BCUT2D eigenvalue weighted by Crippen LogP contribution is 2.29. The average molecular weight is 377 g/mol. The first kappa shape index (κ1) is 17.7. The third-order valence-corrected chi connectivity index (χ3v) is 4.92. The van der Waals surface area contributed by atoms with Crippen molar-refractivity contribution in [2.24, 2.45) is 14.1 Å². The minimum absolute atomic E-state index is 0.215. The van der Waals surface area contributed by atoms with Crippen molar-refractivity contribution in [3.05, 3.63) is 50.1 Å². The van der Waals surface area contributed by atoms with Crippen LogP contribution in [0.5, 0.6) is 0 Å². The van der Waals surface area contributed by atoms with Gasteiger partial charge in [0.15, 0.2) is 11.5 Å². The number of benzene rings is 1. The highest BCUT2D eigenvalue weighted by Gasteiger charge is 2.18. The summed E-state index contributed by atoms with van der Waals surface area (Å²) in [6.45, 7) is 4.04. The van der Waals surface area contributed by atoms with E-state index >= 15 is 0 Å². The molecule has 6 nitrogen and oxygen atoms in total. The molecule has 0 fully saturated rings. The van der Waals surface area contributed by atoms with E-state index in [1.165, 1.54) is 23.4 Å². The fourth-order valence-corrected chi connectivity index (χ4v) is 3.57. The van der Waals surface area contributed by atoms with Gasteiger partial charge >= 0.3 is 5.69 Å². The Bertz CT molecular complexity index is 1090. The molecule has 2 heterocycles. The fraction of sp³-hybridized carbons (Fsp3) is 0.294. The van der Waals surface area contributed by atoms with Crippen molar-refractivity contribution in [3.63, 3.8) is 0 Å². The number of fused-ring (bicyclic) bond motifs is 1. The van der Waals surface area contributed by atoms with Gasteiger partial charge in [0.25, 0.3) is 5.56 Å². The molecule has 0 saturated carbocycles. The summed E-state index contributed by atoms with van der Waals surface area (Å²) in [4.78, 5) is 34.0. The summed E-state index contributed by atoms with van der Waals surface area (Å²) in [5, 5.41) is 1.70. The van der Waals surface area contributed by atoms with E-state index in [1.54, 1.807) is 19.2 Å². The van der Waals surface area contributed by atoms with Crippen LogP contribution < -0.4 is 11.2 Å². The van der Waals surface area contributed by atoms with Gasteiger partial charge in [-0.3, -0.25) is 13.9 Å². The molecule has 0 aliphatic heterocycles. The summed E-state index contributed by atoms with van der Waals surface area (Å²) >= 11 is 7.54. The summed E-state index contributed by atoms with van der Waals surface area (Å²) in [6, 6.07) is 7.17. The highest BCUT2D eigenvalue weighted by molar-refractivity contribution is 8.00. The molecule has 0 amide bonds. The zero-order chi connectivity index (χ0) is 18.3. The average Bonchev–Trinajstić information content (AvgIpc) is 2.57. The molecule has 8 heteroatoms. The van der Waals surface area contributed by atoms with Crippen molar-refractivity contribution in [2.45, 2.75) is 24.1 Å². The van der Waals surface area contributed by atoms with Crippen LogP contribution in [0.15, 0.2) is 38.9 Å². The van der Waals surface area contributed by atoms with E-state index in [-0.39, 0.29) is 10.8 Å². The Labute approximate surface area is 153 Å². The molecule has 0 aliphatic carbocycles. The maximum Gasteiger partial charge on any atom is 0.332 e. The number of hydrogen-bond acceptors (Lipinski definition) is 5. The number of hydrogen-bond donors (Lipinski definition) is 0. The molecule has 0 N–H and O–H groups in total. The second kappa shape index (κ2) is 6.65. The summed E-state index contributed by atoms with van der Waals surface area (Å²) in [5.74, 6) is 0.432. The van der Waals surface area contributed by atoms with Crippen LogP contribution in [0.25, 0.3) is 22.4 Å². The quantitative estimate of drug-likeness (QED) is 0.519. The van der Waals surface area contributed by atoms with Crippen LogP contribution in [-0.4, -0.2) is 24.4 Å². The molecule has 0 bridgehead atoms. The molecule has 3 rings (SSSR count). The van der Waals surface area contributed by atoms with Crippen molar-refractivity contribution >= 4 is 34.4 Å². The van der Waals surface area contributed by atoms with E-state index in [4.69, 9.17) is 11.6 Å². The van der Waals surface area contributed by atoms with Gasteiger partial charge < -0.3 is 0 Å². The Balaban J connectivity index is 2.43. The van der Waals surface area contributed by atoms with Gasteiger partial charge in [0.1, 0.15) is 10.4 Å². The van der Waals surface area contributed by atoms with Crippen LogP contribution in [0.2, 0.25) is 5.02 Å². The van der Waals surface area contributed by atoms with Gasteiger partial charge in [0, 0.05) is 29.9 Å². The van der Waals surface area contributed by atoms with Crippen molar-refractivity contribution in [3.8, 4) is 11.4 Å². The SMILES string of the molecule is CC(C)Sc1nc(-c2cccc(Cl)c2)nc2c1c(=O)n(C)c(=O)n2C. The Kier molecular flexibility index (Phi) is 4.71. The largest absolute Gasteiger partial charge is 0.332 e. The van der Waals surface area contributed by atoms with E-state index in [2.05, 4.69) is 9.97 Å². The van der Waals surface area contributed by atoms with Crippen LogP contribution in [0.4, 0.5) is 0 Å². The maximum absolute atomic E-state index is 12.6. The molecule has 130 valence electrons. The first-order chi connectivity index (χ1) is 11.8. The van der Waals surface area contributed by atoms with Crippen molar-refractivity contribution < 1.29 is 0 Å². The molecule has 0 atom stereocenters. The molecular formula is C17H17ClN4O2S. The summed E-state index contributed by atoms with van der Waals surface area (Å²) in [5.41, 5.74) is 0.238. The van der Waals surface area contributed by atoms with E-state index in [9.17, 15) is 9.59 Å². The van der Waals surface area contributed by atoms with Gasteiger partial charge in [-0.1, -0.05) is 37.6 Å². The maximum atomic E-state index is 12.6. The monoisotopic (exact) mass is 376 g/mol. The second-order valence-corrected chi connectivity index (χ2v) is 7.94. The number of halogens is 1. The fourth-order valence-electron chi connectivity index (χ4n) is 2.49. The Morgan fingerprint density at radius 3 is 2.48 bits per heavy atom. The molecule has 0 aliphatic rings. The predicted octanol–water partition coefficient (Wildman–Crippen LogP) is 2.85. The van der Waals surface area contributed by atoms with E-state index < -0.39 is 5.69 Å². The van der Waals surface area contributed by atoms with Gasteiger partial charge in [-0.25, -0.2) is 14.8 Å². The third kappa shape index (κ3) is 3.21. The zero-order valence-corrected chi connectivity index (χ0v) is 15.9. The molecule has 0 saturated heterocycles. The summed E-state index contributed by atoms with van der Waals surface area (Å²) in [6.07, 6.45) is 0. The van der Waals surface area contributed by atoms with E-state index in [0.717, 1.165) is 10.1 Å². The molecule has 0 spiro atoms. The minimum atomic E-state index is -0.422. The highest BCUT2D eigenvalue weighted by atomic mass is 35.5. The van der Waals surface area contributed by atoms with Crippen LogP contribution in [-0.2, 0) is 14.1 Å². The molecule has 25 heavy (non-hydrogen) atoms. The number of aryl methyl sites for hydroxylation is 1. The molecule has 0 unspecified atom stereocenters. The van der Waals surface area contributed by atoms with E-state index in [1.807, 2.05) is 26.0 Å². The number of rotatable bonds is 3. The smallest absolute Gasteiger partial charge is 0.280 e. The lowest BCUT2D eigenvalue weighted by atomic mass is 10.2. The van der Waals surface area contributed by atoms with Gasteiger partial charge in [-0.15, -0.1) is 11.8 Å². The van der Waals surface area contributed by atoms with Gasteiger partial charge in [0.2, 0.25) is 0 Å². The van der Waals surface area contributed by atoms with Gasteiger partial charge in [0.05, 0.1) is 0 Å². The first-order valence-electron chi connectivity index (χ1n) is 7.70. The van der Waals surface area contributed by atoms with Crippen LogP contribution >= 0.6 is 23.4 Å². The number of nitrogens with zero attached hydrogens (tertiary/aromatic N) is 4. The molecule has 0 radical (unpaired) electrons. The predicted molar refractivity (Wildman–Crippen MR) is 101 cm³/mol. The zero-order valence-electron chi connectivity index (χ0n) is 14.3. The van der Waals surface area contributed by atoms with Crippen molar-refractivity contribution in [2.75, 3.05) is 0 Å². The van der Waals surface area contributed by atoms with Gasteiger partial charge in [-0.2, -0.15) is 0 Å². The van der Waals surface area contributed by atoms with Crippen molar-refractivity contribution in [1.29, 1.82) is 0 Å². The lowest BCUT2D eigenvalue weighted by molar-refractivity contribution is 0.703. The number of aromatic nitrogens is 4. The molecule has 2 aromatic heterocycles. The lowest BCUT2D eigenvalue weighted by Gasteiger charge is -2.13.